The lowest BCUT2D eigenvalue weighted by molar-refractivity contribution is -0.424. The van der Waals surface area contributed by atoms with Crippen LogP contribution in [0.15, 0.2) is 0 Å². The Kier molecular flexibility index (Phi) is 7.01. The van der Waals surface area contributed by atoms with E-state index in [4.69, 9.17) is 9.47 Å². The zero-order valence-electron chi connectivity index (χ0n) is 16.8. The van der Waals surface area contributed by atoms with E-state index in [2.05, 4.69) is 10.4 Å². The first-order valence-electron chi connectivity index (χ1n) is 8.58. The molecular formula is C16H17N5O9S. The molecule has 1 amide bonds. The minimum Gasteiger partial charge on any atom is -0.465 e. The second-order valence-electron chi connectivity index (χ2n) is 5.95. The van der Waals surface area contributed by atoms with Crippen molar-refractivity contribution < 1.29 is 33.7 Å². The average molecular weight is 455 g/mol. The summed E-state index contributed by atoms with van der Waals surface area (Å²) in [6.45, 7) is 3.78. The van der Waals surface area contributed by atoms with Crippen LogP contribution in [0.3, 0.4) is 0 Å². The van der Waals surface area contributed by atoms with E-state index in [9.17, 15) is 34.6 Å². The van der Waals surface area contributed by atoms with Crippen molar-refractivity contribution in [2.24, 2.45) is 0 Å². The van der Waals surface area contributed by atoms with Crippen molar-refractivity contribution in [2.75, 3.05) is 19.0 Å². The van der Waals surface area contributed by atoms with Crippen molar-refractivity contribution in [1.82, 2.24) is 9.78 Å². The number of methoxy groups -OCH3 is 1. The first-order chi connectivity index (χ1) is 14.5. The summed E-state index contributed by atoms with van der Waals surface area (Å²) in [7, 11) is 1.13. The molecule has 14 nitrogen and oxygen atoms in total. The molecule has 0 bridgehead atoms. The van der Waals surface area contributed by atoms with Crippen LogP contribution in [0.5, 0.6) is 0 Å². The fourth-order valence-electron chi connectivity index (χ4n) is 2.65. The lowest BCUT2D eigenvalue weighted by atomic mass is 10.1. The zero-order valence-corrected chi connectivity index (χ0v) is 17.6. The van der Waals surface area contributed by atoms with Crippen molar-refractivity contribution in [3.05, 3.63) is 41.9 Å². The van der Waals surface area contributed by atoms with E-state index in [-0.39, 0.29) is 33.3 Å². The third kappa shape index (κ3) is 4.66. The van der Waals surface area contributed by atoms with Gasteiger partial charge in [0.05, 0.1) is 29.3 Å². The summed E-state index contributed by atoms with van der Waals surface area (Å²) in [6, 6.07) is 0. The van der Waals surface area contributed by atoms with E-state index >= 15 is 0 Å². The van der Waals surface area contributed by atoms with Gasteiger partial charge in [0, 0.05) is 0 Å². The predicted octanol–water partition coefficient (Wildman–Crippen LogP) is 1.98. The molecule has 0 fully saturated rings. The van der Waals surface area contributed by atoms with Gasteiger partial charge in [-0.3, -0.25) is 14.9 Å². The van der Waals surface area contributed by atoms with Crippen LogP contribution in [0.1, 0.15) is 38.2 Å². The van der Waals surface area contributed by atoms with E-state index in [1.165, 1.54) is 13.8 Å². The molecule has 166 valence electrons. The number of hydrogen-bond donors (Lipinski definition) is 1. The maximum absolute atomic E-state index is 12.5. The van der Waals surface area contributed by atoms with E-state index in [1.807, 2.05) is 0 Å². The highest BCUT2D eigenvalue weighted by molar-refractivity contribution is 7.18. The second-order valence-corrected chi connectivity index (χ2v) is 6.97. The van der Waals surface area contributed by atoms with Gasteiger partial charge in [0.15, 0.2) is 0 Å². The number of esters is 2. The topological polar surface area (TPSA) is 186 Å². The van der Waals surface area contributed by atoms with Crippen LogP contribution < -0.4 is 5.32 Å². The molecule has 2 aromatic heterocycles. The van der Waals surface area contributed by atoms with Crippen molar-refractivity contribution in [3.8, 4) is 0 Å². The Morgan fingerprint density at radius 3 is 2.29 bits per heavy atom. The molecule has 0 saturated carbocycles. The summed E-state index contributed by atoms with van der Waals surface area (Å²) in [5.74, 6) is -3.29. The minimum atomic E-state index is -1.02. The molecule has 31 heavy (non-hydrogen) atoms. The van der Waals surface area contributed by atoms with Crippen LogP contribution in [0.2, 0.25) is 0 Å². The Bertz CT molecular complexity index is 1090. The summed E-state index contributed by atoms with van der Waals surface area (Å²) in [4.78, 5) is 57.0. The van der Waals surface area contributed by atoms with Crippen LogP contribution in [-0.4, -0.2) is 51.2 Å². The summed E-state index contributed by atoms with van der Waals surface area (Å²) in [5, 5.41) is 28.0. The molecule has 0 aliphatic carbocycles. The van der Waals surface area contributed by atoms with Crippen LogP contribution in [0, 0.1) is 34.1 Å². The lowest BCUT2D eigenvalue weighted by Crippen LogP contribution is -2.21. The molecule has 2 heterocycles. The van der Waals surface area contributed by atoms with Gasteiger partial charge in [0.25, 0.3) is 0 Å². The highest BCUT2D eigenvalue weighted by Crippen LogP contribution is 2.34. The Labute approximate surface area is 178 Å². The van der Waals surface area contributed by atoms with Crippen LogP contribution in [-0.2, 0) is 20.8 Å². The van der Waals surface area contributed by atoms with Gasteiger partial charge in [-0.1, -0.05) is 0 Å². The maximum Gasteiger partial charge on any atom is 0.468 e. The third-order valence-corrected chi connectivity index (χ3v) is 5.24. The molecule has 2 aromatic rings. The van der Waals surface area contributed by atoms with Gasteiger partial charge in [0.2, 0.25) is 5.91 Å². The smallest absolute Gasteiger partial charge is 0.465 e. The van der Waals surface area contributed by atoms with Gasteiger partial charge in [-0.05, 0) is 31.3 Å². The van der Waals surface area contributed by atoms with Crippen LogP contribution in [0.4, 0.5) is 16.5 Å². The first kappa shape index (κ1) is 23.4. The minimum absolute atomic E-state index is 0.00814. The Morgan fingerprint density at radius 2 is 1.81 bits per heavy atom. The highest BCUT2D eigenvalue weighted by atomic mass is 32.1. The molecule has 0 spiro atoms. The van der Waals surface area contributed by atoms with Gasteiger partial charge >= 0.3 is 23.4 Å². The van der Waals surface area contributed by atoms with Crippen molar-refractivity contribution in [3.63, 3.8) is 0 Å². The molecule has 0 radical (unpaired) electrons. The largest absolute Gasteiger partial charge is 0.468 e. The normalized spacial score (nSPS) is 10.5. The number of carbonyl (C=O) groups is 3. The van der Waals surface area contributed by atoms with Gasteiger partial charge in [0.1, 0.15) is 22.1 Å². The molecule has 1 N–H and O–H groups in total. The molecule has 0 aliphatic heterocycles. The average Bonchev–Trinajstić information content (AvgIpc) is 3.18. The number of nitrogens with one attached hydrogen (secondary N) is 1. The summed E-state index contributed by atoms with van der Waals surface area (Å²) in [6.07, 6.45) is 0. The maximum atomic E-state index is 12.5. The molecule has 0 saturated heterocycles. The van der Waals surface area contributed by atoms with E-state index < -0.39 is 45.7 Å². The standard InChI is InChI=1S/C16H17N5O9S/c1-5-30-16(24)12-7(2)10(15(23)29-4)14(31-12)17-9(22)6-19-8(3)11(20(25)26)13(18-19)21(27)28/h5-6H2,1-4H3,(H,17,22). The van der Waals surface area contributed by atoms with Gasteiger partial charge in [-0.25, -0.2) is 9.59 Å². The number of carbonyl (C=O) groups excluding carboxylic acids is 3. The fraction of sp³-hybridized carbons (Fsp3) is 0.375. The van der Waals surface area contributed by atoms with Gasteiger partial charge in [-0.2, -0.15) is 4.68 Å². The number of amides is 1. The van der Waals surface area contributed by atoms with E-state index in [0.717, 1.165) is 23.1 Å². The second kappa shape index (κ2) is 9.29. The lowest BCUT2D eigenvalue weighted by Gasteiger charge is -2.05. The number of hydrogen-bond acceptors (Lipinski definition) is 11. The van der Waals surface area contributed by atoms with Crippen molar-refractivity contribution in [2.45, 2.75) is 27.3 Å². The number of ether oxygens (including phenoxy) is 2. The summed E-state index contributed by atoms with van der Waals surface area (Å²) < 4.78 is 10.4. The molecular weight excluding hydrogens is 438 g/mol. The highest BCUT2D eigenvalue weighted by Gasteiger charge is 2.36. The third-order valence-electron chi connectivity index (χ3n) is 4.06. The van der Waals surface area contributed by atoms with E-state index in [1.54, 1.807) is 6.92 Å². The fourth-order valence-corrected chi connectivity index (χ4v) is 3.76. The summed E-state index contributed by atoms with van der Waals surface area (Å²) in [5.41, 5.74) is -0.843. The molecule has 0 aliphatic rings. The number of aromatic nitrogens is 2. The summed E-state index contributed by atoms with van der Waals surface area (Å²) >= 11 is 0.786. The van der Waals surface area contributed by atoms with Crippen molar-refractivity contribution in [1.29, 1.82) is 0 Å². The Balaban J connectivity index is 2.38. The zero-order chi connectivity index (χ0) is 23.5. The predicted molar refractivity (Wildman–Crippen MR) is 105 cm³/mol. The number of thiophene rings is 1. The molecule has 15 heteroatoms. The molecule has 0 unspecified atom stereocenters. The monoisotopic (exact) mass is 455 g/mol. The van der Waals surface area contributed by atoms with Crippen LogP contribution >= 0.6 is 11.3 Å². The van der Waals surface area contributed by atoms with Gasteiger partial charge < -0.3 is 24.9 Å². The van der Waals surface area contributed by atoms with Gasteiger partial charge in [-0.15, -0.1) is 11.3 Å². The molecule has 0 atom stereocenters. The van der Waals surface area contributed by atoms with Crippen LogP contribution in [0.25, 0.3) is 0 Å². The number of nitrogens with zero attached hydrogens (tertiary/aromatic N) is 4. The van der Waals surface area contributed by atoms with E-state index in [0.29, 0.717) is 0 Å². The molecule has 2 rings (SSSR count). The Hall–Kier alpha value is -3.88. The number of anilines is 1. The SMILES string of the molecule is CCOC(=O)c1sc(NC(=O)Cn2nc([N+](=O)[O-])c([N+](=O)[O-])c2C)c(C(=O)OC)c1C. The number of nitro groups is 2. The first-order valence-corrected chi connectivity index (χ1v) is 9.39. The van der Waals surface area contributed by atoms with Crippen molar-refractivity contribution >= 4 is 45.7 Å². The number of rotatable bonds is 8. The quantitative estimate of drug-likeness (QED) is 0.350. The molecule has 0 aromatic carbocycles. The Morgan fingerprint density at radius 1 is 1.16 bits per heavy atom.